The maximum atomic E-state index is 12.7. The molecule has 1 atom stereocenters. The number of nitrogens with zero attached hydrogens (tertiary/aromatic N) is 1. The highest BCUT2D eigenvalue weighted by molar-refractivity contribution is 6.02. The van der Waals surface area contributed by atoms with Crippen LogP contribution >= 0.6 is 0 Å². The highest BCUT2D eigenvalue weighted by Crippen LogP contribution is 2.20. The molecule has 1 amide bonds. The minimum absolute atomic E-state index is 0.0341. The molecule has 1 aromatic carbocycles. The Morgan fingerprint density at radius 3 is 2.29 bits per heavy atom. The Kier molecular flexibility index (Phi) is 5.57. The molecule has 0 spiro atoms. The van der Waals surface area contributed by atoms with Crippen LogP contribution in [0.25, 0.3) is 0 Å². The van der Waals surface area contributed by atoms with Crippen molar-refractivity contribution >= 4 is 11.7 Å². The lowest BCUT2D eigenvalue weighted by Crippen LogP contribution is -2.35. The number of aryl methyl sites for hydroxylation is 1. The fraction of sp³-hybridized carbons (Fsp3) is 0.368. The molecule has 5 nitrogen and oxygen atoms in total. The summed E-state index contributed by atoms with van der Waals surface area (Å²) >= 11 is 0. The highest BCUT2D eigenvalue weighted by Gasteiger charge is 2.22. The Morgan fingerprint density at radius 1 is 1.17 bits per heavy atom. The van der Waals surface area contributed by atoms with Gasteiger partial charge in [-0.2, -0.15) is 0 Å². The monoisotopic (exact) mass is 327 g/mol. The van der Waals surface area contributed by atoms with Crippen LogP contribution in [-0.2, 0) is 0 Å². The van der Waals surface area contributed by atoms with Crippen LogP contribution in [0.5, 0.6) is 0 Å². The molecule has 2 rings (SSSR count). The molecule has 5 heteroatoms. The maximum absolute atomic E-state index is 12.7. The summed E-state index contributed by atoms with van der Waals surface area (Å²) in [6.07, 6.45) is 0. The molecule has 0 fully saturated rings. The van der Waals surface area contributed by atoms with Crippen molar-refractivity contribution in [2.24, 2.45) is 0 Å². The normalized spacial score (nSPS) is 12.2. The SMILES string of the molecule is CC(=O)c1c(C)[nH]c(C(=O)NC(CN(C)C)c2ccccc2)c1C. The summed E-state index contributed by atoms with van der Waals surface area (Å²) in [5.74, 6) is -0.230. The van der Waals surface area contributed by atoms with E-state index in [1.165, 1.54) is 6.92 Å². The molecule has 0 bridgehead atoms. The molecule has 0 aliphatic heterocycles. The minimum atomic E-state index is -0.196. The number of aromatic nitrogens is 1. The zero-order valence-corrected chi connectivity index (χ0v) is 14.9. The molecule has 0 aliphatic rings. The highest BCUT2D eigenvalue weighted by atomic mass is 16.2. The fourth-order valence-corrected chi connectivity index (χ4v) is 3.02. The van der Waals surface area contributed by atoms with Gasteiger partial charge in [-0.15, -0.1) is 0 Å². The van der Waals surface area contributed by atoms with Gasteiger partial charge in [-0.3, -0.25) is 9.59 Å². The van der Waals surface area contributed by atoms with E-state index in [2.05, 4.69) is 10.3 Å². The van der Waals surface area contributed by atoms with E-state index < -0.39 is 0 Å². The Labute approximate surface area is 143 Å². The zero-order valence-electron chi connectivity index (χ0n) is 14.9. The molecule has 0 radical (unpaired) electrons. The number of nitrogens with one attached hydrogen (secondary N) is 2. The number of benzene rings is 1. The van der Waals surface area contributed by atoms with Crippen LogP contribution in [0.15, 0.2) is 30.3 Å². The zero-order chi connectivity index (χ0) is 17.9. The van der Waals surface area contributed by atoms with Gasteiger partial charge in [0, 0.05) is 17.8 Å². The first kappa shape index (κ1) is 17.9. The standard InChI is InChI=1S/C19H25N3O2/c1-12-17(14(3)23)13(2)20-18(12)19(24)21-16(11-22(4)5)15-9-7-6-8-10-15/h6-10,16,20H,11H2,1-5H3,(H,21,24). The second kappa shape index (κ2) is 7.45. The lowest BCUT2D eigenvalue weighted by molar-refractivity contribution is 0.0924. The number of likely N-dealkylation sites (N-methyl/N-ethyl adjacent to an activating group) is 1. The Balaban J connectivity index is 2.28. The molecule has 1 unspecified atom stereocenters. The van der Waals surface area contributed by atoms with Gasteiger partial charge in [0.05, 0.1) is 6.04 Å². The van der Waals surface area contributed by atoms with E-state index in [1.807, 2.05) is 56.3 Å². The van der Waals surface area contributed by atoms with Gasteiger partial charge >= 0.3 is 0 Å². The van der Waals surface area contributed by atoms with Crippen LogP contribution in [0.4, 0.5) is 0 Å². The van der Waals surface area contributed by atoms with Crippen LogP contribution in [0.3, 0.4) is 0 Å². The van der Waals surface area contributed by atoms with Crippen LogP contribution < -0.4 is 5.32 Å². The lowest BCUT2D eigenvalue weighted by atomic mass is 10.0. The number of carbonyl (C=O) groups excluding carboxylic acids is 2. The van der Waals surface area contributed by atoms with Crippen LogP contribution in [-0.4, -0.2) is 42.2 Å². The number of hydrogen-bond donors (Lipinski definition) is 2. The number of ketones is 1. The fourth-order valence-electron chi connectivity index (χ4n) is 3.02. The number of rotatable bonds is 6. The van der Waals surface area contributed by atoms with Crippen molar-refractivity contribution in [3.8, 4) is 0 Å². The first-order valence-electron chi connectivity index (χ1n) is 8.02. The first-order chi connectivity index (χ1) is 11.3. The van der Waals surface area contributed by atoms with Crippen molar-refractivity contribution in [1.29, 1.82) is 0 Å². The molecular weight excluding hydrogens is 302 g/mol. The average molecular weight is 327 g/mol. The average Bonchev–Trinajstić information content (AvgIpc) is 2.82. The molecule has 2 N–H and O–H groups in total. The molecule has 24 heavy (non-hydrogen) atoms. The summed E-state index contributed by atoms with van der Waals surface area (Å²) in [6.45, 7) is 5.82. The minimum Gasteiger partial charge on any atom is -0.354 e. The van der Waals surface area contributed by atoms with Gasteiger partial charge in [0.2, 0.25) is 0 Å². The van der Waals surface area contributed by atoms with E-state index in [0.29, 0.717) is 23.4 Å². The van der Waals surface area contributed by atoms with Gasteiger partial charge in [0.15, 0.2) is 5.78 Å². The molecule has 1 heterocycles. The summed E-state index contributed by atoms with van der Waals surface area (Å²) in [4.78, 5) is 29.6. The third-order valence-electron chi connectivity index (χ3n) is 4.07. The first-order valence-corrected chi connectivity index (χ1v) is 8.02. The number of aromatic amines is 1. The summed E-state index contributed by atoms with van der Waals surface area (Å²) < 4.78 is 0. The van der Waals surface area contributed by atoms with E-state index in [4.69, 9.17) is 0 Å². The van der Waals surface area contributed by atoms with E-state index in [0.717, 1.165) is 11.3 Å². The summed E-state index contributed by atoms with van der Waals surface area (Å²) in [5, 5.41) is 3.08. The number of Topliss-reactive ketones (excluding diaryl/α,β-unsaturated/α-hetero) is 1. The van der Waals surface area contributed by atoms with Crippen LogP contribution in [0, 0.1) is 13.8 Å². The molecule has 0 saturated heterocycles. The smallest absolute Gasteiger partial charge is 0.268 e. The summed E-state index contributed by atoms with van der Waals surface area (Å²) in [7, 11) is 3.94. The van der Waals surface area contributed by atoms with Crippen molar-refractivity contribution in [3.05, 3.63) is 58.4 Å². The summed E-state index contributed by atoms with van der Waals surface area (Å²) in [6, 6.07) is 9.75. The van der Waals surface area contributed by atoms with Crippen molar-refractivity contribution in [2.45, 2.75) is 26.8 Å². The Bertz CT molecular complexity index is 733. The van der Waals surface area contributed by atoms with E-state index in [1.54, 1.807) is 6.92 Å². The van der Waals surface area contributed by atoms with Gasteiger partial charge in [-0.25, -0.2) is 0 Å². The van der Waals surface area contributed by atoms with Crippen LogP contribution in [0.1, 0.15) is 50.6 Å². The molecule has 0 aliphatic carbocycles. The van der Waals surface area contributed by atoms with Crippen molar-refractivity contribution in [3.63, 3.8) is 0 Å². The predicted molar refractivity (Wildman–Crippen MR) is 95.5 cm³/mol. The second-order valence-electron chi connectivity index (χ2n) is 6.38. The molecular formula is C19H25N3O2. The molecule has 1 aromatic heterocycles. The van der Waals surface area contributed by atoms with Gasteiger partial charge in [0.1, 0.15) is 5.69 Å². The van der Waals surface area contributed by atoms with Crippen molar-refractivity contribution in [1.82, 2.24) is 15.2 Å². The number of H-pyrrole nitrogens is 1. The quantitative estimate of drug-likeness (QED) is 0.802. The van der Waals surface area contributed by atoms with E-state index >= 15 is 0 Å². The lowest BCUT2D eigenvalue weighted by Gasteiger charge is -2.22. The van der Waals surface area contributed by atoms with Crippen molar-refractivity contribution < 1.29 is 9.59 Å². The number of carbonyl (C=O) groups is 2. The van der Waals surface area contributed by atoms with Crippen LogP contribution in [0.2, 0.25) is 0 Å². The summed E-state index contributed by atoms with van der Waals surface area (Å²) in [5.41, 5.74) is 3.54. The number of amides is 1. The Morgan fingerprint density at radius 2 is 1.79 bits per heavy atom. The van der Waals surface area contributed by atoms with Gasteiger partial charge < -0.3 is 15.2 Å². The van der Waals surface area contributed by atoms with Gasteiger partial charge in [0.25, 0.3) is 5.91 Å². The Hall–Kier alpha value is -2.40. The molecule has 128 valence electrons. The molecule has 0 saturated carbocycles. The third-order valence-corrected chi connectivity index (χ3v) is 4.07. The van der Waals surface area contributed by atoms with Gasteiger partial charge in [-0.1, -0.05) is 30.3 Å². The predicted octanol–water partition coefficient (Wildman–Crippen LogP) is 2.87. The van der Waals surface area contributed by atoms with Crippen molar-refractivity contribution in [2.75, 3.05) is 20.6 Å². The topological polar surface area (TPSA) is 65.2 Å². The van der Waals surface area contributed by atoms with E-state index in [-0.39, 0.29) is 17.7 Å². The number of hydrogen-bond acceptors (Lipinski definition) is 3. The van der Waals surface area contributed by atoms with Gasteiger partial charge in [-0.05, 0) is 46.0 Å². The largest absolute Gasteiger partial charge is 0.354 e. The molecule has 2 aromatic rings. The third kappa shape index (κ3) is 3.92. The maximum Gasteiger partial charge on any atom is 0.268 e. The second-order valence-corrected chi connectivity index (χ2v) is 6.38. The van der Waals surface area contributed by atoms with E-state index in [9.17, 15) is 9.59 Å².